The van der Waals surface area contributed by atoms with Crippen LogP contribution < -0.4 is 4.74 Å². The summed E-state index contributed by atoms with van der Waals surface area (Å²) in [5.41, 5.74) is 1.82. The van der Waals surface area contributed by atoms with Gasteiger partial charge in [0.25, 0.3) is 0 Å². The van der Waals surface area contributed by atoms with E-state index in [2.05, 4.69) is 4.74 Å². The van der Waals surface area contributed by atoms with E-state index in [0.717, 1.165) is 5.56 Å². The van der Waals surface area contributed by atoms with Crippen molar-refractivity contribution in [1.29, 1.82) is 5.26 Å². The molecule has 0 amide bonds. The molecule has 0 aliphatic heterocycles. The second kappa shape index (κ2) is 6.06. The molecule has 6 heteroatoms. The van der Waals surface area contributed by atoms with E-state index in [1.807, 2.05) is 6.07 Å². The maximum absolute atomic E-state index is 12.2. The minimum Gasteiger partial charge on any atom is -0.406 e. The van der Waals surface area contributed by atoms with Gasteiger partial charge in [0.1, 0.15) is 5.75 Å². The first-order valence-electron chi connectivity index (χ1n) is 5.90. The van der Waals surface area contributed by atoms with E-state index in [-0.39, 0.29) is 12.2 Å². The van der Waals surface area contributed by atoms with Crippen LogP contribution in [0.25, 0.3) is 11.1 Å². The first-order valence-corrected chi connectivity index (χ1v) is 6.28. The van der Waals surface area contributed by atoms with Crippen molar-refractivity contribution >= 4 is 11.6 Å². The Labute approximate surface area is 124 Å². The van der Waals surface area contributed by atoms with E-state index in [1.165, 1.54) is 18.2 Å². The Morgan fingerprint density at radius 1 is 1.14 bits per heavy atom. The van der Waals surface area contributed by atoms with E-state index < -0.39 is 6.36 Å². The molecule has 0 radical (unpaired) electrons. The number of benzene rings is 2. The highest BCUT2D eigenvalue weighted by Crippen LogP contribution is 2.32. The summed E-state index contributed by atoms with van der Waals surface area (Å²) in [4.78, 5) is 0. The third kappa shape index (κ3) is 4.14. The van der Waals surface area contributed by atoms with Crippen LogP contribution in [0, 0.1) is 11.3 Å². The van der Waals surface area contributed by atoms with Gasteiger partial charge in [0.05, 0.1) is 12.5 Å². The molecule has 2 rings (SSSR count). The third-order valence-corrected chi connectivity index (χ3v) is 3.01. The molecule has 0 heterocycles. The molecule has 0 saturated carbocycles. The van der Waals surface area contributed by atoms with Crippen molar-refractivity contribution in [3.8, 4) is 22.9 Å². The number of halogens is 4. The SMILES string of the molecule is N#CCc1ccc(-c2cccc(OC(F)(F)F)c2)c(Cl)c1. The Kier molecular flexibility index (Phi) is 4.39. The molecule has 2 nitrogen and oxygen atoms in total. The molecule has 0 atom stereocenters. The van der Waals surface area contributed by atoms with Crippen LogP contribution in [0.4, 0.5) is 13.2 Å². The Morgan fingerprint density at radius 2 is 1.90 bits per heavy atom. The smallest absolute Gasteiger partial charge is 0.406 e. The molecule has 2 aromatic carbocycles. The van der Waals surface area contributed by atoms with Crippen molar-refractivity contribution in [2.75, 3.05) is 0 Å². The zero-order chi connectivity index (χ0) is 15.5. The minimum atomic E-state index is -4.74. The van der Waals surface area contributed by atoms with Crippen LogP contribution in [0.3, 0.4) is 0 Å². The summed E-state index contributed by atoms with van der Waals surface area (Å²) in [7, 11) is 0. The van der Waals surface area contributed by atoms with Crippen LogP contribution in [0.15, 0.2) is 42.5 Å². The second-order valence-corrected chi connectivity index (χ2v) is 4.63. The van der Waals surface area contributed by atoms with E-state index in [1.54, 1.807) is 24.3 Å². The second-order valence-electron chi connectivity index (χ2n) is 4.22. The van der Waals surface area contributed by atoms with Gasteiger partial charge in [0.2, 0.25) is 0 Å². The number of hydrogen-bond donors (Lipinski definition) is 0. The van der Waals surface area contributed by atoms with Crippen LogP contribution in [0.2, 0.25) is 5.02 Å². The highest BCUT2D eigenvalue weighted by Gasteiger charge is 2.31. The molecule has 0 aliphatic carbocycles. The van der Waals surface area contributed by atoms with Crippen molar-refractivity contribution in [1.82, 2.24) is 0 Å². The standard InChI is InChI=1S/C15H9ClF3NO/c16-14-8-10(6-7-20)4-5-13(14)11-2-1-3-12(9-11)21-15(17,18)19/h1-5,8-9H,6H2. The van der Waals surface area contributed by atoms with Gasteiger partial charge in [0, 0.05) is 10.6 Å². The van der Waals surface area contributed by atoms with Gasteiger partial charge in [0.15, 0.2) is 0 Å². The van der Waals surface area contributed by atoms with Crippen LogP contribution in [-0.4, -0.2) is 6.36 Å². The van der Waals surface area contributed by atoms with Crippen molar-refractivity contribution in [3.63, 3.8) is 0 Å². The van der Waals surface area contributed by atoms with E-state index in [9.17, 15) is 13.2 Å². The molecule has 0 fully saturated rings. The Hall–Kier alpha value is -2.19. The molecule has 0 aliphatic rings. The normalized spacial score (nSPS) is 11.0. The number of ether oxygens (including phenoxy) is 1. The fourth-order valence-electron chi connectivity index (χ4n) is 1.85. The first kappa shape index (κ1) is 15.2. The van der Waals surface area contributed by atoms with E-state index in [4.69, 9.17) is 16.9 Å². The summed E-state index contributed by atoms with van der Waals surface area (Å²) in [5.74, 6) is -0.308. The molecule has 108 valence electrons. The Morgan fingerprint density at radius 3 is 2.52 bits per heavy atom. The van der Waals surface area contributed by atoms with Gasteiger partial charge in [-0.3, -0.25) is 0 Å². The van der Waals surface area contributed by atoms with Crippen LogP contribution in [0.5, 0.6) is 5.75 Å². The fourth-order valence-corrected chi connectivity index (χ4v) is 2.17. The van der Waals surface area contributed by atoms with E-state index >= 15 is 0 Å². The number of nitrogens with zero attached hydrogens (tertiary/aromatic N) is 1. The molecule has 0 aromatic heterocycles. The lowest BCUT2D eigenvalue weighted by molar-refractivity contribution is -0.274. The average Bonchev–Trinajstić information content (AvgIpc) is 2.37. The fraction of sp³-hybridized carbons (Fsp3) is 0.133. The Balaban J connectivity index is 2.34. The van der Waals surface area contributed by atoms with Gasteiger partial charge in [-0.05, 0) is 29.3 Å². The van der Waals surface area contributed by atoms with Gasteiger partial charge >= 0.3 is 6.36 Å². The topological polar surface area (TPSA) is 33.0 Å². The molecular weight excluding hydrogens is 303 g/mol. The number of nitriles is 1. The molecule has 21 heavy (non-hydrogen) atoms. The summed E-state index contributed by atoms with van der Waals surface area (Å²) in [5, 5.41) is 8.99. The quantitative estimate of drug-likeness (QED) is 0.801. The largest absolute Gasteiger partial charge is 0.573 e. The lowest BCUT2D eigenvalue weighted by atomic mass is 10.0. The maximum Gasteiger partial charge on any atom is 0.573 e. The summed E-state index contributed by atoms with van der Waals surface area (Å²) in [6.45, 7) is 0. The van der Waals surface area contributed by atoms with Crippen molar-refractivity contribution in [3.05, 3.63) is 53.1 Å². The van der Waals surface area contributed by atoms with Gasteiger partial charge in [-0.1, -0.05) is 35.9 Å². The van der Waals surface area contributed by atoms with Gasteiger partial charge in [-0.15, -0.1) is 13.2 Å². The predicted molar refractivity (Wildman–Crippen MR) is 72.9 cm³/mol. The van der Waals surface area contributed by atoms with Crippen molar-refractivity contribution in [2.45, 2.75) is 12.8 Å². The number of rotatable bonds is 3. The minimum absolute atomic E-state index is 0.219. The summed E-state index contributed by atoms with van der Waals surface area (Å²) < 4.78 is 40.5. The Bertz CT molecular complexity index is 692. The summed E-state index contributed by atoms with van der Waals surface area (Å²) in [6.07, 6.45) is -4.52. The van der Waals surface area contributed by atoms with Crippen LogP contribution in [-0.2, 0) is 6.42 Å². The number of hydrogen-bond acceptors (Lipinski definition) is 2. The molecule has 2 aromatic rings. The molecule has 0 bridgehead atoms. The predicted octanol–water partition coefficient (Wildman–Crippen LogP) is 4.97. The van der Waals surface area contributed by atoms with E-state index in [0.29, 0.717) is 16.1 Å². The van der Waals surface area contributed by atoms with Crippen molar-refractivity contribution in [2.24, 2.45) is 0 Å². The van der Waals surface area contributed by atoms with Gasteiger partial charge < -0.3 is 4.74 Å². The maximum atomic E-state index is 12.2. The molecule has 0 N–H and O–H groups in total. The first-order chi connectivity index (χ1) is 9.89. The van der Waals surface area contributed by atoms with Crippen LogP contribution in [0.1, 0.15) is 5.56 Å². The van der Waals surface area contributed by atoms with Crippen LogP contribution >= 0.6 is 11.6 Å². The van der Waals surface area contributed by atoms with Gasteiger partial charge in [-0.2, -0.15) is 5.26 Å². The zero-order valence-electron chi connectivity index (χ0n) is 10.6. The average molecular weight is 312 g/mol. The molecule has 0 unspecified atom stereocenters. The summed E-state index contributed by atoms with van der Waals surface area (Å²) in [6, 6.07) is 12.6. The monoisotopic (exact) mass is 311 g/mol. The highest BCUT2D eigenvalue weighted by atomic mass is 35.5. The third-order valence-electron chi connectivity index (χ3n) is 2.70. The summed E-state index contributed by atoms with van der Waals surface area (Å²) >= 11 is 6.11. The highest BCUT2D eigenvalue weighted by molar-refractivity contribution is 6.33. The lowest BCUT2D eigenvalue weighted by Gasteiger charge is -2.11. The molecular formula is C15H9ClF3NO. The van der Waals surface area contributed by atoms with Gasteiger partial charge in [-0.25, -0.2) is 0 Å². The molecule has 0 spiro atoms. The zero-order valence-corrected chi connectivity index (χ0v) is 11.4. The van der Waals surface area contributed by atoms with Crippen molar-refractivity contribution < 1.29 is 17.9 Å². The number of alkyl halides is 3. The molecule has 0 saturated heterocycles. The lowest BCUT2D eigenvalue weighted by Crippen LogP contribution is -2.17.